The van der Waals surface area contributed by atoms with Crippen molar-refractivity contribution >= 4 is 5.69 Å². The number of nitrogens with two attached hydrogens (primary N) is 1. The lowest BCUT2D eigenvalue weighted by Gasteiger charge is -2.15. The summed E-state index contributed by atoms with van der Waals surface area (Å²) in [6.07, 6.45) is -4.71. The number of halogens is 4. The van der Waals surface area contributed by atoms with Gasteiger partial charge in [-0.05, 0) is 11.6 Å². The molecule has 2 aromatic carbocycles. The predicted molar refractivity (Wildman–Crippen MR) is 66.6 cm³/mol. The van der Waals surface area contributed by atoms with Crippen molar-refractivity contribution < 1.29 is 22.3 Å². The van der Waals surface area contributed by atoms with Crippen LogP contribution >= 0.6 is 0 Å². The summed E-state index contributed by atoms with van der Waals surface area (Å²) in [5.41, 5.74) is 4.41. The van der Waals surface area contributed by atoms with Crippen LogP contribution in [-0.4, -0.2) is 0 Å². The van der Waals surface area contributed by atoms with Crippen molar-refractivity contribution in [1.29, 1.82) is 0 Å². The van der Waals surface area contributed by atoms with E-state index >= 15 is 0 Å². The summed E-state index contributed by atoms with van der Waals surface area (Å²) >= 11 is 0. The summed E-state index contributed by atoms with van der Waals surface area (Å²) in [6.45, 7) is -0.0605. The monoisotopic (exact) mass is 285 g/mol. The van der Waals surface area contributed by atoms with Crippen molar-refractivity contribution in [3.05, 3.63) is 59.4 Å². The Morgan fingerprint density at radius 2 is 1.70 bits per heavy atom. The first-order chi connectivity index (χ1) is 9.38. The van der Waals surface area contributed by atoms with Gasteiger partial charge in [0.1, 0.15) is 23.7 Å². The Bertz CT molecular complexity index is 596. The Hall–Kier alpha value is -2.24. The standard InChI is InChI=1S/C14H11F4NO/c15-11-6-10(14(16,17)18)13(7-12(11)19)20-8-9-4-2-1-3-5-9/h1-7H,8,19H2. The maximum absolute atomic E-state index is 13.2. The van der Waals surface area contributed by atoms with Crippen LogP contribution in [0.5, 0.6) is 5.75 Å². The quantitative estimate of drug-likeness (QED) is 0.683. The van der Waals surface area contributed by atoms with Gasteiger partial charge in [-0.25, -0.2) is 4.39 Å². The number of benzene rings is 2. The van der Waals surface area contributed by atoms with Crippen LogP contribution < -0.4 is 10.5 Å². The van der Waals surface area contributed by atoms with Gasteiger partial charge < -0.3 is 10.5 Å². The topological polar surface area (TPSA) is 35.2 Å². The molecule has 0 amide bonds. The predicted octanol–water partition coefficient (Wildman–Crippen LogP) is 4.01. The lowest BCUT2D eigenvalue weighted by Crippen LogP contribution is -2.10. The van der Waals surface area contributed by atoms with Crippen LogP contribution in [0.2, 0.25) is 0 Å². The summed E-state index contributed by atoms with van der Waals surface area (Å²) in [4.78, 5) is 0. The van der Waals surface area contributed by atoms with Gasteiger partial charge in [0.2, 0.25) is 0 Å². The van der Waals surface area contributed by atoms with Gasteiger partial charge in [0.05, 0.1) is 5.69 Å². The molecule has 0 bridgehead atoms. The molecule has 20 heavy (non-hydrogen) atoms. The van der Waals surface area contributed by atoms with Gasteiger partial charge in [0.15, 0.2) is 0 Å². The third-order valence-corrected chi connectivity index (χ3v) is 2.64. The summed E-state index contributed by atoms with van der Waals surface area (Å²) in [6, 6.07) is 9.86. The molecule has 0 aromatic heterocycles. The van der Waals surface area contributed by atoms with E-state index in [1.54, 1.807) is 30.3 Å². The molecule has 0 aliphatic rings. The molecule has 0 saturated carbocycles. The Labute approximate surface area is 112 Å². The summed E-state index contributed by atoms with van der Waals surface area (Å²) in [5.74, 6) is -1.61. The molecule has 0 atom stereocenters. The number of hydrogen-bond acceptors (Lipinski definition) is 2. The summed E-state index contributed by atoms with van der Waals surface area (Å²) < 4.78 is 56.7. The van der Waals surface area contributed by atoms with E-state index in [4.69, 9.17) is 10.5 Å². The van der Waals surface area contributed by atoms with E-state index in [1.165, 1.54) is 0 Å². The fourth-order valence-corrected chi connectivity index (χ4v) is 1.65. The fourth-order valence-electron chi connectivity index (χ4n) is 1.65. The SMILES string of the molecule is Nc1cc(OCc2ccccc2)c(C(F)(F)F)cc1F. The third-order valence-electron chi connectivity index (χ3n) is 2.64. The number of alkyl halides is 3. The number of ether oxygens (including phenoxy) is 1. The molecule has 0 radical (unpaired) electrons. The molecule has 2 nitrogen and oxygen atoms in total. The van der Waals surface area contributed by atoms with Crippen LogP contribution in [0, 0.1) is 5.82 Å². The van der Waals surface area contributed by atoms with Gasteiger partial charge in [-0.15, -0.1) is 0 Å². The van der Waals surface area contributed by atoms with Gasteiger partial charge in [-0.2, -0.15) is 13.2 Å². The highest BCUT2D eigenvalue weighted by atomic mass is 19.4. The minimum absolute atomic E-state index is 0.0605. The highest BCUT2D eigenvalue weighted by Gasteiger charge is 2.35. The molecule has 0 heterocycles. The van der Waals surface area contributed by atoms with Crippen molar-refractivity contribution in [3.63, 3.8) is 0 Å². The van der Waals surface area contributed by atoms with E-state index in [0.717, 1.165) is 6.07 Å². The molecule has 2 rings (SSSR count). The van der Waals surface area contributed by atoms with Crippen LogP contribution in [0.3, 0.4) is 0 Å². The first-order valence-electron chi connectivity index (χ1n) is 5.71. The maximum atomic E-state index is 13.2. The minimum atomic E-state index is -4.71. The van der Waals surface area contributed by atoms with E-state index in [1.807, 2.05) is 0 Å². The largest absolute Gasteiger partial charge is 0.488 e. The Morgan fingerprint density at radius 3 is 2.30 bits per heavy atom. The zero-order valence-electron chi connectivity index (χ0n) is 10.2. The Balaban J connectivity index is 2.28. The average Bonchev–Trinajstić information content (AvgIpc) is 2.39. The molecule has 0 aliphatic heterocycles. The van der Waals surface area contributed by atoms with Crippen molar-refractivity contribution in [2.75, 3.05) is 5.73 Å². The van der Waals surface area contributed by atoms with Crippen molar-refractivity contribution in [2.24, 2.45) is 0 Å². The average molecular weight is 285 g/mol. The second-order valence-corrected chi connectivity index (χ2v) is 4.14. The number of anilines is 1. The number of rotatable bonds is 3. The number of nitrogen functional groups attached to an aromatic ring is 1. The van der Waals surface area contributed by atoms with Crippen LogP contribution in [0.1, 0.15) is 11.1 Å². The first kappa shape index (κ1) is 14.2. The van der Waals surface area contributed by atoms with Gasteiger partial charge >= 0.3 is 6.18 Å². The second-order valence-electron chi connectivity index (χ2n) is 4.14. The highest BCUT2D eigenvalue weighted by molar-refractivity contribution is 5.50. The molecule has 0 fully saturated rings. The normalized spacial score (nSPS) is 11.4. The molecular formula is C14H11F4NO. The zero-order chi connectivity index (χ0) is 14.8. The minimum Gasteiger partial charge on any atom is -0.488 e. The smallest absolute Gasteiger partial charge is 0.420 e. The summed E-state index contributed by atoms with van der Waals surface area (Å²) in [5, 5.41) is 0. The number of hydrogen-bond donors (Lipinski definition) is 1. The van der Waals surface area contributed by atoms with E-state index in [2.05, 4.69) is 0 Å². The molecule has 0 unspecified atom stereocenters. The van der Waals surface area contributed by atoms with E-state index < -0.39 is 23.3 Å². The Kier molecular flexibility index (Phi) is 3.83. The van der Waals surface area contributed by atoms with Crippen LogP contribution in [0.25, 0.3) is 0 Å². The third kappa shape index (κ3) is 3.20. The molecular weight excluding hydrogens is 274 g/mol. The van der Waals surface area contributed by atoms with Crippen LogP contribution in [0.15, 0.2) is 42.5 Å². The fraction of sp³-hybridized carbons (Fsp3) is 0.143. The van der Waals surface area contributed by atoms with E-state index in [0.29, 0.717) is 11.6 Å². The Morgan fingerprint density at radius 1 is 1.05 bits per heavy atom. The molecule has 2 N–H and O–H groups in total. The second kappa shape index (κ2) is 5.40. The molecule has 6 heteroatoms. The summed E-state index contributed by atoms with van der Waals surface area (Å²) in [7, 11) is 0. The molecule has 0 spiro atoms. The van der Waals surface area contributed by atoms with Gasteiger partial charge in [-0.3, -0.25) is 0 Å². The van der Waals surface area contributed by atoms with E-state index in [9.17, 15) is 17.6 Å². The van der Waals surface area contributed by atoms with Crippen LogP contribution in [0.4, 0.5) is 23.2 Å². The first-order valence-corrected chi connectivity index (χ1v) is 5.71. The van der Waals surface area contributed by atoms with E-state index in [-0.39, 0.29) is 12.3 Å². The van der Waals surface area contributed by atoms with Gasteiger partial charge in [-0.1, -0.05) is 30.3 Å². The molecule has 0 saturated heterocycles. The highest BCUT2D eigenvalue weighted by Crippen LogP contribution is 2.38. The lowest BCUT2D eigenvalue weighted by atomic mass is 10.1. The van der Waals surface area contributed by atoms with Crippen molar-refractivity contribution in [3.8, 4) is 5.75 Å². The molecule has 0 aliphatic carbocycles. The zero-order valence-corrected chi connectivity index (χ0v) is 10.2. The van der Waals surface area contributed by atoms with Gasteiger partial charge in [0.25, 0.3) is 0 Å². The van der Waals surface area contributed by atoms with Crippen molar-refractivity contribution in [2.45, 2.75) is 12.8 Å². The van der Waals surface area contributed by atoms with Crippen molar-refractivity contribution in [1.82, 2.24) is 0 Å². The molecule has 106 valence electrons. The van der Waals surface area contributed by atoms with Crippen LogP contribution in [-0.2, 0) is 12.8 Å². The lowest BCUT2D eigenvalue weighted by molar-refractivity contribution is -0.139. The molecule has 2 aromatic rings. The maximum Gasteiger partial charge on any atom is 0.420 e. The van der Waals surface area contributed by atoms with Gasteiger partial charge in [0, 0.05) is 6.07 Å².